The fourth-order valence-electron chi connectivity index (χ4n) is 2.20. The Labute approximate surface area is 116 Å². The number of nitrogens with zero attached hydrogens (tertiary/aromatic N) is 3. The lowest BCUT2D eigenvalue weighted by atomic mass is 10.2. The Morgan fingerprint density at radius 1 is 1.44 bits per heavy atom. The van der Waals surface area contributed by atoms with Gasteiger partial charge in [-0.2, -0.15) is 0 Å². The van der Waals surface area contributed by atoms with E-state index in [4.69, 9.17) is 0 Å². The molecule has 1 saturated carbocycles. The second-order valence-corrected chi connectivity index (χ2v) is 5.57. The SMILES string of the molecule is CC1=N/C(Br)=C\C=C\N(C)C(=O)C(C)N1C1CC1. The van der Waals surface area contributed by atoms with Gasteiger partial charge in [0.25, 0.3) is 0 Å². The molecule has 0 aromatic carbocycles. The highest BCUT2D eigenvalue weighted by Gasteiger charge is 2.36. The fraction of sp³-hybridized carbons (Fsp3) is 0.538. The molecule has 1 amide bonds. The van der Waals surface area contributed by atoms with Gasteiger partial charge in [-0.15, -0.1) is 0 Å². The van der Waals surface area contributed by atoms with Crippen LogP contribution in [0.25, 0.3) is 0 Å². The number of aliphatic imine (C=N–C) groups is 1. The largest absolute Gasteiger partial charge is 0.346 e. The Morgan fingerprint density at radius 2 is 2.11 bits per heavy atom. The smallest absolute Gasteiger partial charge is 0.248 e. The minimum absolute atomic E-state index is 0.0964. The van der Waals surface area contributed by atoms with Crippen molar-refractivity contribution in [2.45, 2.75) is 38.8 Å². The third-order valence-corrected chi connectivity index (χ3v) is 3.69. The third-order valence-electron chi connectivity index (χ3n) is 3.25. The fourth-order valence-corrected chi connectivity index (χ4v) is 2.61. The highest BCUT2D eigenvalue weighted by molar-refractivity contribution is 9.11. The van der Waals surface area contributed by atoms with Crippen LogP contribution in [0.4, 0.5) is 0 Å². The van der Waals surface area contributed by atoms with Crippen LogP contribution < -0.4 is 0 Å². The molecule has 1 aliphatic carbocycles. The molecule has 4 nitrogen and oxygen atoms in total. The maximum absolute atomic E-state index is 12.3. The lowest BCUT2D eigenvalue weighted by Crippen LogP contribution is -2.47. The van der Waals surface area contributed by atoms with Gasteiger partial charge in [-0.25, -0.2) is 4.99 Å². The number of amidine groups is 1. The van der Waals surface area contributed by atoms with Crippen LogP contribution in [0, 0.1) is 0 Å². The predicted octanol–water partition coefficient (Wildman–Crippen LogP) is 2.48. The number of carbonyl (C=O) groups excluding carboxylic acids is 1. The molecule has 0 radical (unpaired) electrons. The van der Waals surface area contributed by atoms with Crippen molar-refractivity contribution in [2.75, 3.05) is 7.05 Å². The standard InChI is InChI=1S/C13H18BrN3O/c1-9-13(18)16(3)8-4-5-12(14)15-10(2)17(9)11-6-7-11/h4-5,8-9,11H,6-7H2,1-3H3/b8-4+,12-5-,15-10?. The Kier molecular flexibility index (Phi) is 3.90. The van der Waals surface area contributed by atoms with Crippen molar-refractivity contribution >= 4 is 27.7 Å². The number of likely N-dealkylation sites (N-methyl/N-ethyl adjacent to an activating group) is 1. The van der Waals surface area contributed by atoms with Crippen molar-refractivity contribution in [3.8, 4) is 0 Å². The lowest BCUT2D eigenvalue weighted by molar-refractivity contribution is -0.131. The first-order valence-electron chi connectivity index (χ1n) is 6.15. The topological polar surface area (TPSA) is 35.9 Å². The molecule has 1 atom stereocenters. The summed E-state index contributed by atoms with van der Waals surface area (Å²) in [6, 6.07) is 0.291. The van der Waals surface area contributed by atoms with E-state index in [9.17, 15) is 4.79 Å². The van der Waals surface area contributed by atoms with Gasteiger partial charge in [0.05, 0.1) is 0 Å². The zero-order chi connectivity index (χ0) is 13.3. The van der Waals surface area contributed by atoms with Crippen LogP contribution in [0.1, 0.15) is 26.7 Å². The lowest BCUT2D eigenvalue weighted by Gasteiger charge is -2.32. The zero-order valence-corrected chi connectivity index (χ0v) is 12.5. The quantitative estimate of drug-likeness (QED) is 0.697. The number of amides is 1. The Morgan fingerprint density at radius 3 is 2.72 bits per heavy atom. The van der Waals surface area contributed by atoms with Gasteiger partial charge in [-0.1, -0.05) is 0 Å². The molecule has 2 rings (SSSR count). The number of hydrogen-bond acceptors (Lipinski definition) is 3. The molecule has 1 fully saturated rings. The van der Waals surface area contributed by atoms with Gasteiger partial charge in [0.2, 0.25) is 5.91 Å². The van der Waals surface area contributed by atoms with Crippen molar-refractivity contribution in [3.05, 3.63) is 23.0 Å². The summed E-state index contributed by atoms with van der Waals surface area (Å²) in [4.78, 5) is 20.5. The summed E-state index contributed by atoms with van der Waals surface area (Å²) in [7, 11) is 1.79. The van der Waals surface area contributed by atoms with Gasteiger partial charge < -0.3 is 9.80 Å². The summed E-state index contributed by atoms with van der Waals surface area (Å²) in [5.74, 6) is 0.990. The van der Waals surface area contributed by atoms with E-state index in [0.29, 0.717) is 6.04 Å². The molecule has 0 saturated heterocycles. The molecule has 18 heavy (non-hydrogen) atoms. The average Bonchev–Trinajstić information content (AvgIpc) is 3.11. The summed E-state index contributed by atoms with van der Waals surface area (Å²) >= 11 is 3.42. The van der Waals surface area contributed by atoms with Crippen molar-refractivity contribution in [3.63, 3.8) is 0 Å². The summed E-state index contributed by atoms with van der Waals surface area (Å²) in [6.45, 7) is 3.91. The molecule has 1 unspecified atom stereocenters. The minimum Gasteiger partial charge on any atom is -0.346 e. The summed E-state index contributed by atoms with van der Waals surface area (Å²) in [5.41, 5.74) is 0. The van der Waals surface area contributed by atoms with Crippen molar-refractivity contribution in [1.29, 1.82) is 0 Å². The van der Waals surface area contributed by atoms with Crippen LogP contribution >= 0.6 is 15.9 Å². The minimum atomic E-state index is -0.172. The van der Waals surface area contributed by atoms with Gasteiger partial charge in [-0.05, 0) is 54.8 Å². The molecule has 1 aliphatic heterocycles. The van der Waals surface area contributed by atoms with Crippen molar-refractivity contribution < 1.29 is 4.79 Å². The first kappa shape index (κ1) is 13.3. The molecule has 2 aliphatic rings. The molecule has 5 heteroatoms. The highest BCUT2D eigenvalue weighted by Crippen LogP contribution is 2.30. The van der Waals surface area contributed by atoms with E-state index < -0.39 is 0 Å². The number of allylic oxidation sites excluding steroid dienone is 2. The normalized spacial score (nSPS) is 30.7. The van der Waals surface area contributed by atoms with E-state index in [2.05, 4.69) is 25.8 Å². The summed E-state index contributed by atoms with van der Waals surface area (Å²) in [5, 5.41) is 0. The van der Waals surface area contributed by atoms with Gasteiger partial charge in [0, 0.05) is 19.3 Å². The van der Waals surface area contributed by atoms with Crippen LogP contribution in [0.3, 0.4) is 0 Å². The van der Waals surface area contributed by atoms with E-state index in [0.717, 1.165) is 23.3 Å². The van der Waals surface area contributed by atoms with E-state index in [1.54, 1.807) is 18.1 Å². The second-order valence-electron chi connectivity index (χ2n) is 4.75. The maximum Gasteiger partial charge on any atom is 0.248 e. The highest BCUT2D eigenvalue weighted by atomic mass is 79.9. The van der Waals surface area contributed by atoms with E-state index in [1.807, 2.05) is 26.0 Å². The molecule has 0 spiro atoms. The van der Waals surface area contributed by atoms with Crippen molar-refractivity contribution in [2.24, 2.45) is 4.99 Å². The first-order chi connectivity index (χ1) is 8.50. The molecule has 0 bridgehead atoms. The molecule has 0 aromatic rings. The molecule has 0 N–H and O–H groups in total. The van der Waals surface area contributed by atoms with Crippen LogP contribution in [-0.2, 0) is 4.79 Å². The van der Waals surface area contributed by atoms with Crippen LogP contribution in [0.2, 0.25) is 0 Å². The average molecular weight is 312 g/mol. The van der Waals surface area contributed by atoms with Crippen LogP contribution in [-0.4, -0.2) is 40.7 Å². The Hall–Kier alpha value is -1.10. The number of rotatable bonds is 1. The molecular formula is C13H18BrN3O. The van der Waals surface area contributed by atoms with Crippen LogP contribution in [0.15, 0.2) is 28.0 Å². The third kappa shape index (κ3) is 2.83. The monoisotopic (exact) mass is 311 g/mol. The zero-order valence-electron chi connectivity index (χ0n) is 10.9. The summed E-state index contributed by atoms with van der Waals surface area (Å²) < 4.78 is 0.775. The van der Waals surface area contributed by atoms with E-state index >= 15 is 0 Å². The van der Waals surface area contributed by atoms with E-state index in [1.165, 1.54) is 0 Å². The molecule has 0 aromatic heterocycles. The van der Waals surface area contributed by atoms with Gasteiger partial charge in [-0.3, -0.25) is 4.79 Å². The van der Waals surface area contributed by atoms with E-state index in [-0.39, 0.29) is 11.9 Å². The molecule has 1 heterocycles. The van der Waals surface area contributed by atoms with Gasteiger partial charge in [0.15, 0.2) is 0 Å². The Balaban J connectivity index is 2.37. The van der Waals surface area contributed by atoms with Crippen molar-refractivity contribution in [1.82, 2.24) is 9.80 Å². The van der Waals surface area contributed by atoms with Gasteiger partial charge >= 0.3 is 0 Å². The Bertz CT molecular complexity index is 438. The number of hydrogen-bond donors (Lipinski definition) is 0. The maximum atomic E-state index is 12.3. The van der Waals surface area contributed by atoms with Crippen LogP contribution in [0.5, 0.6) is 0 Å². The number of carbonyl (C=O) groups is 1. The second kappa shape index (κ2) is 5.26. The number of halogens is 1. The molecular weight excluding hydrogens is 294 g/mol. The first-order valence-corrected chi connectivity index (χ1v) is 6.94. The van der Waals surface area contributed by atoms with Gasteiger partial charge in [0.1, 0.15) is 16.5 Å². The summed E-state index contributed by atoms with van der Waals surface area (Å²) in [6.07, 6.45) is 7.71. The predicted molar refractivity (Wildman–Crippen MR) is 76.4 cm³/mol. The molecule has 98 valence electrons.